The second-order valence-electron chi connectivity index (χ2n) is 10.9. The Balaban J connectivity index is 1.73. The fourth-order valence-electron chi connectivity index (χ4n) is 6.10. The van der Waals surface area contributed by atoms with E-state index in [1.54, 1.807) is 5.57 Å². The molecule has 6 atom stereocenters. The molecule has 0 bridgehead atoms. The molecule has 5 unspecified atom stereocenters. The third-order valence-corrected chi connectivity index (χ3v) is 8.61. The first-order valence-electron chi connectivity index (χ1n) is 12.2. The van der Waals surface area contributed by atoms with Crippen molar-refractivity contribution in [2.45, 2.75) is 92.6 Å². The molecule has 29 heavy (non-hydrogen) atoms. The van der Waals surface area contributed by atoms with Gasteiger partial charge in [-0.2, -0.15) is 0 Å². The Kier molecular flexibility index (Phi) is 7.31. The summed E-state index contributed by atoms with van der Waals surface area (Å²) in [7, 11) is 0. The maximum atomic E-state index is 10.1. The van der Waals surface area contributed by atoms with Crippen LogP contribution in [0.15, 0.2) is 47.1 Å². The summed E-state index contributed by atoms with van der Waals surface area (Å²) in [6.45, 7) is 14.2. The van der Waals surface area contributed by atoms with Crippen molar-refractivity contribution < 1.29 is 5.11 Å². The molecular weight excluding hydrogens is 352 g/mol. The monoisotopic (exact) mass is 396 g/mol. The molecule has 3 aliphatic rings. The molecule has 3 aliphatic carbocycles. The van der Waals surface area contributed by atoms with Crippen LogP contribution in [0.5, 0.6) is 0 Å². The summed E-state index contributed by atoms with van der Waals surface area (Å²) in [6, 6.07) is 0. The van der Waals surface area contributed by atoms with Crippen molar-refractivity contribution in [1.82, 2.24) is 0 Å². The average Bonchev–Trinajstić information content (AvgIpc) is 3.04. The number of hydrogen-bond acceptors (Lipinski definition) is 1. The fraction of sp³-hybridized carbons (Fsp3) is 0.714. The van der Waals surface area contributed by atoms with Gasteiger partial charge in [-0.25, -0.2) is 0 Å². The van der Waals surface area contributed by atoms with Crippen molar-refractivity contribution in [3.63, 3.8) is 0 Å². The summed E-state index contributed by atoms with van der Waals surface area (Å²) in [5.74, 6) is 3.53. The first-order chi connectivity index (χ1) is 13.7. The van der Waals surface area contributed by atoms with E-state index in [1.807, 2.05) is 0 Å². The van der Waals surface area contributed by atoms with Crippen molar-refractivity contribution in [2.24, 2.45) is 35.0 Å². The first-order valence-corrected chi connectivity index (χ1v) is 12.2. The van der Waals surface area contributed by atoms with Crippen LogP contribution in [0.2, 0.25) is 0 Å². The molecule has 1 fully saturated rings. The number of rotatable bonds is 6. The van der Waals surface area contributed by atoms with Gasteiger partial charge in [0.25, 0.3) is 0 Å². The highest BCUT2D eigenvalue weighted by atomic mass is 16.3. The lowest BCUT2D eigenvalue weighted by atomic mass is 9.62. The molecule has 0 heterocycles. The van der Waals surface area contributed by atoms with Crippen LogP contribution in [0.4, 0.5) is 0 Å². The van der Waals surface area contributed by atoms with E-state index in [4.69, 9.17) is 0 Å². The Labute approximate surface area is 180 Å². The summed E-state index contributed by atoms with van der Waals surface area (Å²) in [5.41, 5.74) is 4.82. The van der Waals surface area contributed by atoms with E-state index < -0.39 is 0 Å². The number of allylic oxidation sites excluding steroid dienone is 7. The van der Waals surface area contributed by atoms with Crippen LogP contribution in [0.25, 0.3) is 0 Å². The van der Waals surface area contributed by atoms with Gasteiger partial charge in [0, 0.05) is 0 Å². The summed E-state index contributed by atoms with van der Waals surface area (Å²) in [6.07, 6.45) is 20.1. The van der Waals surface area contributed by atoms with E-state index >= 15 is 0 Å². The van der Waals surface area contributed by atoms with E-state index in [-0.39, 0.29) is 6.10 Å². The van der Waals surface area contributed by atoms with Gasteiger partial charge in [-0.05, 0) is 98.0 Å². The molecule has 0 aromatic rings. The highest BCUT2D eigenvalue weighted by molar-refractivity contribution is 5.36. The summed E-state index contributed by atoms with van der Waals surface area (Å²) in [4.78, 5) is 0. The molecule has 0 amide bonds. The Morgan fingerprint density at radius 3 is 2.55 bits per heavy atom. The van der Waals surface area contributed by atoms with Crippen LogP contribution in [0.3, 0.4) is 0 Å². The summed E-state index contributed by atoms with van der Waals surface area (Å²) in [5, 5.41) is 10.1. The molecule has 1 heteroatoms. The third kappa shape index (κ3) is 4.98. The highest BCUT2D eigenvalue weighted by Gasteiger charge is 2.49. The van der Waals surface area contributed by atoms with E-state index in [0.29, 0.717) is 23.2 Å². The van der Waals surface area contributed by atoms with Gasteiger partial charge in [0.15, 0.2) is 0 Å². The normalized spacial score (nSPS) is 35.4. The van der Waals surface area contributed by atoms with E-state index in [1.165, 1.54) is 36.8 Å². The largest absolute Gasteiger partial charge is 0.393 e. The van der Waals surface area contributed by atoms with Gasteiger partial charge in [0.05, 0.1) is 6.10 Å². The molecule has 0 radical (unpaired) electrons. The van der Waals surface area contributed by atoms with Gasteiger partial charge in [0.1, 0.15) is 0 Å². The maximum Gasteiger partial charge on any atom is 0.0583 e. The van der Waals surface area contributed by atoms with Gasteiger partial charge in [0.2, 0.25) is 0 Å². The Hall–Kier alpha value is -1.08. The minimum atomic E-state index is -0.152. The quantitative estimate of drug-likeness (QED) is 0.457. The standard InChI is InChI=1S/C28H44O/c1-19(2)20(3)9-10-22(5)26-15-16-27-23(8-7-17-28(26,27)6)12-13-24-18-25(29)14-11-21(24)4/h8-10,12-13,19-20,22,25-27,29H,7,11,14-18H2,1-6H3/t20?,22?,25?,26?,27?,28-/m1/s1. The van der Waals surface area contributed by atoms with Crippen LogP contribution < -0.4 is 0 Å². The first kappa shape index (κ1) is 22.6. The molecule has 0 aliphatic heterocycles. The number of fused-ring (bicyclic) bond motifs is 1. The predicted molar refractivity (Wildman–Crippen MR) is 126 cm³/mol. The predicted octanol–water partition coefficient (Wildman–Crippen LogP) is 7.64. The number of aliphatic hydroxyl groups excluding tert-OH is 1. The molecule has 162 valence electrons. The molecule has 3 rings (SSSR count). The average molecular weight is 397 g/mol. The molecule has 0 aromatic heterocycles. The molecule has 0 aromatic carbocycles. The molecule has 0 saturated heterocycles. The second-order valence-corrected chi connectivity index (χ2v) is 10.9. The molecular formula is C28H44O. The summed E-state index contributed by atoms with van der Waals surface area (Å²) < 4.78 is 0. The minimum absolute atomic E-state index is 0.152. The maximum absolute atomic E-state index is 10.1. The van der Waals surface area contributed by atoms with Gasteiger partial charge in [-0.15, -0.1) is 0 Å². The highest BCUT2D eigenvalue weighted by Crippen LogP contribution is 2.58. The Morgan fingerprint density at radius 1 is 1.07 bits per heavy atom. The van der Waals surface area contributed by atoms with Crippen LogP contribution in [-0.2, 0) is 0 Å². The molecule has 0 spiro atoms. The van der Waals surface area contributed by atoms with E-state index in [0.717, 1.165) is 31.1 Å². The lowest BCUT2D eigenvalue weighted by molar-refractivity contribution is 0.129. The van der Waals surface area contributed by atoms with Crippen LogP contribution in [0, 0.1) is 35.0 Å². The van der Waals surface area contributed by atoms with Crippen LogP contribution in [-0.4, -0.2) is 11.2 Å². The molecule has 1 N–H and O–H groups in total. The van der Waals surface area contributed by atoms with Gasteiger partial charge >= 0.3 is 0 Å². The van der Waals surface area contributed by atoms with Crippen molar-refractivity contribution in [3.8, 4) is 0 Å². The zero-order valence-electron chi connectivity index (χ0n) is 19.7. The van der Waals surface area contributed by atoms with Gasteiger partial charge in [-0.1, -0.05) is 70.6 Å². The van der Waals surface area contributed by atoms with Crippen molar-refractivity contribution in [1.29, 1.82) is 0 Å². The SMILES string of the molecule is CC1=C(C=CC2=CCC[C@@]3(C)C2CCC3C(C)C=CC(C)C(C)C)CC(O)CC1. The number of hydrogen-bond donors (Lipinski definition) is 1. The Bertz CT molecular complexity index is 691. The third-order valence-electron chi connectivity index (χ3n) is 8.61. The van der Waals surface area contributed by atoms with E-state index in [9.17, 15) is 5.11 Å². The minimum Gasteiger partial charge on any atom is -0.393 e. The van der Waals surface area contributed by atoms with Crippen molar-refractivity contribution in [2.75, 3.05) is 0 Å². The smallest absolute Gasteiger partial charge is 0.0583 e. The van der Waals surface area contributed by atoms with Gasteiger partial charge in [-0.3, -0.25) is 0 Å². The summed E-state index contributed by atoms with van der Waals surface area (Å²) >= 11 is 0. The zero-order chi connectivity index (χ0) is 21.2. The number of aliphatic hydroxyl groups is 1. The Morgan fingerprint density at radius 2 is 1.83 bits per heavy atom. The molecule has 1 nitrogen and oxygen atoms in total. The van der Waals surface area contributed by atoms with Crippen molar-refractivity contribution in [3.05, 3.63) is 47.1 Å². The zero-order valence-corrected chi connectivity index (χ0v) is 19.7. The van der Waals surface area contributed by atoms with E-state index in [2.05, 4.69) is 71.9 Å². The lowest BCUT2D eigenvalue weighted by Gasteiger charge is -2.42. The topological polar surface area (TPSA) is 20.2 Å². The van der Waals surface area contributed by atoms with Gasteiger partial charge < -0.3 is 5.11 Å². The van der Waals surface area contributed by atoms with Crippen LogP contribution >= 0.6 is 0 Å². The van der Waals surface area contributed by atoms with Crippen molar-refractivity contribution >= 4 is 0 Å². The fourth-order valence-corrected chi connectivity index (χ4v) is 6.10. The second kappa shape index (κ2) is 9.38. The van der Waals surface area contributed by atoms with Crippen LogP contribution in [0.1, 0.15) is 86.5 Å². The lowest BCUT2D eigenvalue weighted by Crippen LogP contribution is -2.34. The molecule has 1 saturated carbocycles.